The second-order valence-corrected chi connectivity index (χ2v) is 8.09. The first-order valence-electron chi connectivity index (χ1n) is 8.57. The van der Waals surface area contributed by atoms with E-state index >= 15 is 0 Å². The zero-order chi connectivity index (χ0) is 16.6. The minimum Gasteiger partial charge on any atom is -0.352 e. The molecule has 0 radical (unpaired) electrons. The van der Waals surface area contributed by atoms with Crippen LogP contribution in [0.5, 0.6) is 0 Å². The molecule has 1 amide bonds. The van der Waals surface area contributed by atoms with Gasteiger partial charge in [-0.3, -0.25) is 9.79 Å². The minimum absolute atomic E-state index is 0. The molecular formula is C20H23ClN2OS. The second-order valence-electron chi connectivity index (χ2n) is 6.79. The van der Waals surface area contributed by atoms with Crippen LogP contribution >= 0.6 is 24.2 Å². The molecule has 0 bridgehead atoms. The van der Waals surface area contributed by atoms with Crippen LogP contribution in [0.3, 0.4) is 0 Å². The van der Waals surface area contributed by atoms with Crippen LogP contribution < -0.4 is 5.32 Å². The molecule has 1 fully saturated rings. The second kappa shape index (κ2) is 7.38. The first-order chi connectivity index (χ1) is 11.7. The first kappa shape index (κ1) is 18.3. The zero-order valence-corrected chi connectivity index (χ0v) is 15.9. The Morgan fingerprint density at radius 3 is 2.92 bits per heavy atom. The van der Waals surface area contributed by atoms with Crippen molar-refractivity contribution in [2.45, 2.75) is 24.6 Å². The molecule has 25 heavy (non-hydrogen) atoms. The number of nitrogens with zero attached hydrogens (tertiary/aromatic N) is 1. The monoisotopic (exact) mass is 374 g/mol. The van der Waals surface area contributed by atoms with Crippen LogP contribution in [0.15, 0.2) is 53.6 Å². The summed E-state index contributed by atoms with van der Waals surface area (Å²) in [5.74, 6) is 1.49. The summed E-state index contributed by atoms with van der Waals surface area (Å²) >= 11 is 1.89. The Labute approximate surface area is 159 Å². The number of halogens is 1. The van der Waals surface area contributed by atoms with Gasteiger partial charge in [0.25, 0.3) is 0 Å². The van der Waals surface area contributed by atoms with E-state index < -0.39 is 0 Å². The van der Waals surface area contributed by atoms with Crippen molar-refractivity contribution < 1.29 is 4.79 Å². The standard InChI is InChI=1S/C20H22N2OS.ClH/c1-14-5-7-15(8-6-14)12-22-19(23)16-13-24-20-10-3-2-4-18(20)21-11-9-17(16)20;/h2-8,10,16-17H,9,11-13H2,1H3,(H,22,23);1H. The third-order valence-corrected chi connectivity index (χ3v) is 6.95. The summed E-state index contributed by atoms with van der Waals surface area (Å²) in [6, 6.07) is 8.34. The van der Waals surface area contributed by atoms with Crippen molar-refractivity contribution in [1.82, 2.24) is 5.32 Å². The number of thioether (sulfide) groups is 1. The van der Waals surface area contributed by atoms with Gasteiger partial charge < -0.3 is 5.32 Å². The molecule has 1 saturated heterocycles. The van der Waals surface area contributed by atoms with Gasteiger partial charge >= 0.3 is 0 Å². The lowest BCUT2D eigenvalue weighted by molar-refractivity contribution is -0.125. The van der Waals surface area contributed by atoms with Crippen LogP contribution in [0, 0.1) is 18.8 Å². The molecule has 1 spiro atoms. The molecule has 5 heteroatoms. The Bertz CT molecular complexity index is 741. The molecule has 3 unspecified atom stereocenters. The molecule has 2 aliphatic heterocycles. The average Bonchev–Trinajstić information content (AvgIpc) is 2.99. The van der Waals surface area contributed by atoms with E-state index in [1.165, 1.54) is 5.56 Å². The normalized spacial score (nSPS) is 29.2. The molecule has 1 aromatic rings. The number of rotatable bonds is 3. The predicted molar refractivity (Wildman–Crippen MR) is 108 cm³/mol. The molecule has 3 aliphatic rings. The number of aliphatic imine (C=N–C) groups is 1. The molecule has 4 rings (SSSR count). The number of aryl methyl sites for hydroxylation is 1. The quantitative estimate of drug-likeness (QED) is 0.875. The van der Waals surface area contributed by atoms with E-state index in [1.54, 1.807) is 0 Å². The molecule has 3 nitrogen and oxygen atoms in total. The van der Waals surface area contributed by atoms with Crippen LogP contribution in [0.4, 0.5) is 0 Å². The highest BCUT2D eigenvalue weighted by Gasteiger charge is 2.53. The largest absolute Gasteiger partial charge is 0.352 e. The molecule has 1 aliphatic carbocycles. The van der Waals surface area contributed by atoms with Gasteiger partial charge in [0.05, 0.1) is 16.4 Å². The van der Waals surface area contributed by atoms with Gasteiger partial charge in [0.1, 0.15) is 0 Å². The lowest BCUT2D eigenvalue weighted by Crippen LogP contribution is -2.46. The number of hydrogen-bond donors (Lipinski definition) is 1. The van der Waals surface area contributed by atoms with Crippen LogP contribution in [0.25, 0.3) is 0 Å². The number of carbonyl (C=O) groups excluding carboxylic acids is 1. The van der Waals surface area contributed by atoms with Gasteiger partial charge in [0, 0.05) is 18.8 Å². The van der Waals surface area contributed by atoms with Crippen LogP contribution in [0.2, 0.25) is 0 Å². The number of carbonyl (C=O) groups is 1. The van der Waals surface area contributed by atoms with Crippen molar-refractivity contribution in [1.29, 1.82) is 0 Å². The number of hydrogen-bond acceptors (Lipinski definition) is 3. The van der Waals surface area contributed by atoms with Gasteiger partial charge in [0.15, 0.2) is 0 Å². The van der Waals surface area contributed by atoms with Crippen LogP contribution in [-0.2, 0) is 11.3 Å². The van der Waals surface area contributed by atoms with Crippen molar-refractivity contribution in [2.75, 3.05) is 12.3 Å². The summed E-state index contributed by atoms with van der Waals surface area (Å²) in [6.45, 7) is 3.52. The van der Waals surface area contributed by atoms with E-state index in [0.29, 0.717) is 12.5 Å². The molecule has 3 atom stereocenters. The lowest BCUT2D eigenvalue weighted by Gasteiger charge is -2.38. The third kappa shape index (κ3) is 3.30. The Morgan fingerprint density at radius 1 is 1.32 bits per heavy atom. The van der Waals surface area contributed by atoms with Gasteiger partial charge in [-0.05, 0) is 30.9 Å². The number of benzene rings is 1. The summed E-state index contributed by atoms with van der Waals surface area (Å²) in [4.78, 5) is 17.5. The van der Waals surface area contributed by atoms with Gasteiger partial charge in [-0.25, -0.2) is 0 Å². The Morgan fingerprint density at radius 2 is 2.12 bits per heavy atom. The van der Waals surface area contributed by atoms with Crippen LogP contribution in [-0.4, -0.2) is 28.7 Å². The highest BCUT2D eigenvalue weighted by molar-refractivity contribution is 8.02. The van der Waals surface area contributed by atoms with Crippen molar-refractivity contribution in [3.05, 3.63) is 59.7 Å². The Balaban J connectivity index is 0.00000182. The summed E-state index contributed by atoms with van der Waals surface area (Å²) in [5.41, 5.74) is 3.55. The Hall–Kier alpha value is -1.52. The summed E-state index contributed by atoms with van der Waals surface area (Å²) in [6.07, 6.45) is 9.53. The molecule has 0 saturated carbocycles. The zero-order valence-electron chi connectivity index (χ0n) is 14.3. The number of amides is 1. The fraction of sp³-hybridized carbons (Fsp3) is 0.400. The maximum Gasteiger partial charge on any atom is 0.224 e. The third-order valence-electron chi connectivity index (χ3n) is 5.29. The SMILES string of the molecule is Cc1ccc(CNC(=O)C2CSC34C=CC=CC3=NCCC24)cc1.Cl. The highest BCUT2D eigenvalue weighted by Crippen LogP contribution is 2.52. The van der Waals surface area contributed by atoms with Crippen molar-refractivity contribution >= 4 is 35.8 Å². The maximum absolute atomic E-state index is 12.8. The predicted octanol–water partition coefficient (Wildman–Crippen LogP) is 3.72. The minimum atomic E-state index is -0.0706. The fourth-order valence-electron chi connectivity index (χ4n) is 3.95. The van der Waals surface area contributed by atoms with E-state index in [9.17, 15) is 4.79 Å². The first-order valence-corrected chi connectivity index (χ1v) is 9.56. The van der Waals surface area contributed by atoms with Crippen molar-refractivity contribution in [2.24, 2.45) is 16.8 Å². The summed E-state index contributed by atoms with van der Waals surface area (Å²) < 4.78 is -0.0706. The molecule has 0 aromatic heterocycles. The van der Waals surface area contributed by atoms with Crippen molar-refractivity contribution in [3.63, 3.8) is 0 Å². The van der Waals surface area contributed by atoms with E-state index in [1.807, 2.05) is 11.8 Å². The molecule has 2 heterocycles. The van der Waals surface area contributed by atoms with Gasteiger partial charge in [-0.2, -0.15) is 0 Å². The highest BCUT2D eigenvalue weighted by atomic mass is 35.5. The number of allylic oxidation sites excluding steroid dienone is 3. The van der Waals surface area contributed by atoms with Crippen molar-refractivity contribution in [3.8, 4) is 0 Å². The molecule has 1 aromatic carbocycles. The maximum atomic E-state index is 12.8. The van der Waals surface area contributed by atoms with Gasteiger partial charge in [-0.15, -0.1) is 24.2 Å². The molecule has 132 valence electrons. The van der Waals surface area contributed by atoms with Gasteiger partial charge in [0.2, 0.25) is 5.91 Å². The lowest BCUT2D eigenvalue weighted by atomic mass is 9.74. The van der Waals surface area contributed by atoms with Gasteiger partial charge in [-0.1, -0.05) is 48.1 Å². The molecular weight excluding hydrogens is 352 g/mol. The Kier molecular flexibility index (Phi) is 5.40. The molecule has 1 N–H and O–H groups in total. The number of nitrogens with one attached hydrogen (secondary N) is 1. The fourth-order valence-corrected chi connectivity index (χ4v) is 5.74. The van der Waals surface area contributed by atoms with E-state index in [2.05, 4.69) is 60.8 Å². The average molecular weight is 375 g/mol. The topological polar surface area (TPSA) is 41.5 Å². The van der Waals surface area contributed by atoms with E-state index in [4.69, 9.17) is 4.99 Å². The van der Waals surface area contributed by atoms with E-state index in [0.717, 1.165) is 30.0 Å². The van der Waals surface area contributed by atoms with Crippen LogP contribution in [0.1, 0.15) is 17.5 Å². The summed E-state index contributed by atoms with van der Waals surface area (Å²) in [5, 5.41) is 3.15. The summed E-state index contributed by atoms with van der Waals surface area (Å²) in [7, 11) is 0. The van der Waals surface area contributed by atoms with E-state index in [-0.39, 0.29) is 29.0 Å². The smallest absolute Gasteiger partial charge is 0.224 e.